The minimum atomic E-state index is -1.02. The first-order chi connectivity index (χ1) is 16.3. The second kappa shape index (κ2) is 7.76. The molecule has 8 nitrogen and oxygen atoms in total. The second-order valence-corrected chi connectivity index (χ2v) is 8.79. The van der Waals surface area contributed by atoms with Crippen LogP contribution in [0, 0.1) is 0 Å². The molecule has 5 rings (SSSR count). The third-order valence-corrected chi connectivity index (χ3v) is 6.57. The molecule has 0 N–H and O–H groups in total. The van der Waals surface area contributed by atoms with Crippen LogP contribution in [0.1, 0.15) is 25.5 Å². The van der Waals surface area contributed by atoms with Crippen LogP contribution in [-0.4, -0.2) is 36.3 Å². The van der Waals surface area contributed by atoms with Crippen molar-refractivity contribution in [3.8, 4) is 11.5 Å². The summed E-state index contributed by atoms with van der Waals surface area (Å²) in [5, 5.41) is 2.63. The number of aryl methyl sites for hydroxylation is 1. The number of ether oxygens (including phenoxy) is 4. The molecule has 1 aliphatic heterocycles. The van der Waals surface area contributed by atoms with E-state index in [9.17, 15) is 14.4 Å². The average molecular weight is 461 g/mol. The van der Waals surface area contributed by atoms with Crippen molar-refractivity contribution < 1.29 is 28.5 Å². The van der Waals surface area contributed by atoms with Crippen LogP contribution in [0.3, 0.4) is 0 Å². The van der Waals surface area contributed by atoms with Crippen molar-refractivity contribution in [2.45, 2.75) is 31.7 Å². The monoisotopic (exact) mass is 461 g/mol. The number of pyridine rings is 1. The van der Waals surface area contributed by atoms with Crippen LogP contribution in [0.5, 0.6) is 11.5 Å². The molecule has 0 saturated carbocycles. The predicted molar refractivity (Wildman–Crippen MR) is 126 cm³/mol. The molecule has 0 amide bonds. The molecule has 4 aromatic rings. The van der Waals surface area contributed by atoms with Crippen molar-refractivity contribution in [2.75, 3.05) is 7.11 Å². The Bertz CT molecular complexity index is 1540. The summed E-state index contributed by atoms with van der Waals surface area (Å²) in [6.07, 6.45) is -1.94. The molecular weight excluding hydrogens is 438 g/mol. The van der Waals surface area contributed by atoms with Gasteiger partial charge in [0, 0.05) is 13.1 Å². The topological polar surface area (TPSA) is 93.1 Å². The zero-order valence-electron chi connectivity index (χ0n) is 19.2. The molecule has 2 atom stereocenters. The fraction of sp³-hybridized carbons (Fsp3) is 0.269. The van der Waals surface area contributed by atoms with Gasteiger partial charge in [0.1, 0.15) is 17.1 Å². The molecule has 0 unspecified atom stereocenters. The van der Waals surface area contributed by atoms with E-state index in [1.54, 1.807) is 19.9 Å². The van der Waals surface area contributed by atoms with E-state index in [4.69, 9.17) is 18.9 Å². The Morgan fingerprint density at radius 3 is 2.47 bits per heavy atom. The Balaban J connectivity index is 2.00. The number of carbonyl (C=O) groups is 2. The highest BCUT2D eigenvalue weighted by Crippen LogP contribution is 2.48. The molecule has 34 heavy (non-hydrogen) atoms. The fourth-order valence-corrected chi connectivity index (χ4v) is 5.10. The SMILES string of the molecule is COc1cc2c(c3c1c(=O)c1c4ccccc4ccc1n3C)[C@@H](OC=O)[C@@H](OC=O)C(C)(C)O2. The summed E-state index contributed by atoms with van der Waals surface area (Å²) in [6, 6.07) is 13.1. The molecule has 1 aromatic heterocycles. The summed E-state index contributed by atoms with van der Waals surface area (Å²) in [6.45, 7) is 4.06. The Hall–Kier alpha value is -4.07. The lowest BCUT2D eigenvalue weighted by Gasteiger charge is -2.42. The third kappa shape index (κ3) is 2.95. The fourth-order valence-electron chi connectivity index (χ4n) is 5.10. The minimum absolute atomic E-state index is 0.220. The highest BCUT2D eigenvalue weighted by Gasteiger charge is 2.49. The molecule has 8 heteroatoms. The Morgan fingerprint density at radius 2 is 1.76 bits per heavy atom. The van der Waals surface area contributed by atoms with Gasteiger partial charge in [0.2, 0.25) is 5.43 Å². The number of benzene rings is 3. The number of carbonyl (C=O) groups excluding carboxylic acids is 2. The lowest BCUT2D eigenvalue weighted by Crippen LogP contribution is -2.51. The molecule has 3 aromatic carbocycles. The first kappa shape index (κ1) is 21.8. The van der Waals surface area contributed by atoms with Gasteiger partial charge in [0.15, 0.2) is 12.2 Å². The lowest BCUT2D eigenvalue weighted by atomic mass is 9.86. The number of hydrogen-bond donors (Lipinski definition) is 0. The molecule has 0 aliphatic carbocycles. The zero-order chi connectivity index (χ0) is 24.2. The molecule has 0 fully saturated rings. The van der Waals surface area contributed by atoms with Crippen molar-refractivity contribution in [3.05, 3.63) is 58.3 Å². The van der Waals surface area contributed by atoms with Gasteiger partial charge in [-0.05, 0) is 30.7 Å². The van der Waals surface area contributed by atoms with E-state index in [-0.39, 0.29) is 5.43 Å². The maximum atomic E-state index is 14.0. The maximum absolute atomic E-state index is 14.0. The van der Waals surface area contributed by atoms with E-state index < -0.39 is 17.8 Å². The highest BCUT2D eigenvalue weighted by atomic mass is 16.6. The van der Waals surface area contributed by atoms with Crippen molar-refractivity contribution in [1.29, 1.82) is 0 Å². The largest absolute Gasteiger partial charge is 0.496 e. The zero-order valence-corrected chi connectivity index (χ0v) is 19.2. The lowest BCUT2D eigenvalue weighted by molar-refractivity contribution is -0.174. The van der Waals surface area contributed by atoms with Gasteiger partial charge in [-0.2, -0.15) is 0 Å². The molecule has 174 valence electrons. The molecule has 1 aliphatic rings. The normalized spacial score (nSPS) is 18.8. The van der Waals surface area contributed by atoms with Crippen molar-refractivity contribution in [2.24, 2.45) is 7.05 Å². The number of hydrogen-bond acceptors (Lipinski definition) is 7. The van der Waals surface area contributed by atoms with Crippen LogP contribution in [-0.2, 0) is 26.1 Å². The van der Waals surface area contributed by atoms with Gasteiger partial charge in [-0.15, -0.1) is 0 Å². The van der Waals surface area contributed by atoms with Crippen LogP contribution in [0.25, 0.3) is 32.6 Å². The van der Waals surface area contributed by atoms with Gasteiger partial charge in [0.25, 0.3) is 12.9 Å². The summed E-state index contributed by atoms with van der Waals surface area (Å²) in [4.78, 5) is 36.8. The van der Waals surface area contributed by atoms with Gasteiger partial charge in [-0.1, -0.05) is 30.3 Å². The van der Waals surface area contributed by atoms with E-state index in [1.165, 1.54) is 7.11 Å². The third-order valence-electron chi connectivity index (χ3n) is 6.57. The van der Waals surface area contributed by atoms with Gasteiger partial charge < -0.3 is 23.5 Å². The summed E-state index contributed by atoms with van der Waals surface area (Å²) in [5.74, 6) is 0.710. The number of aromatic nitrogens is 1. The van der Waals surface area contributed by atoms with Crippen LogP contribution in [0.2, 0.25) is 0 Å². The quantitative estimate of drug-likeness (QED) is 0.254. The average Bonchev–Trinajstić information content (AvgIpc) is 2.82. The molecule has 0 saturated heterocycles. The maximum Gasteiger partial charge on any atom is 0.293 e. The molecule has 0 radical (unpaired) electrons. The van der Waals surface area contributed by atoms with Crippen LogP contribution in [0.15, 0.2) is 47.3 Å². The molecule has 0 bridgehead atoms. The second-order valence-electron chi connectivity index (χ2n) is 8.79. The number of fused-ring (bicyclic) bond motifs is 6. The van der Waals surface area contributed by atoms with E-state index in [2.05, 4.69) is 0 Å². The Labute approximate surface area is 194 Å². The van der Waals surface area contributed by atoms with Crippen molar-refractivity contribution in [3.63, 3.8) is 0 Å². The van der Waals surface area contributed by atoms with Crippen molar-refractivity contribution in [1.82, 2.24) is 4.57 Å². The number of nitrogens with zero attached hydrogens (tertiary/aromatic N) is 1. The van der Waals surface area contributed by atoms with Crippen LogP contribution in [0.4, 0.5) is 0 Å². The van der Waals surface area contributed by atoms with E-state index in [0.29, 0.717) is 51.8 Å². The van der Waals surface area contributed by atoms with Crippen molar-refractivity contribution >= 4 is 45.5 Å². The van der Waals surface area contributed by atoms with E-state index in [0.717, 1.165) is 10.8 Å². The van der Waals surface area contributed by atoms with E-state index >= 15 is 0 Å². The summed E-state index contributed by atoms with van der Waals surface area (Å²) >= 11 is 0. The smallest absolute Gasteiger partial charge is 0.293 e. The molecule has 2 heterocycles. The minimum Gasteiger partial charge on any atom is -0.496 e. The first-order valence-corrected chi connectivity index (χ1v) is 10.8. The first-order valence-electron chi connectivity index (χ1n) is 10.8. The van der Waals surface area contributed by atoms with Gasteiger partial charge >= 0.3 is 0 Å². The van der Waals surface area contributed by atoms with Gasteiger partial charge in [-0.25, -0.2) is 0 Å². The summed E-state index contributed by atoms with van der Waals surface area (Å²) in [5.41, 5.74) is 0.357. The van der Waals surface area contributed by atoms with Gasteiger partial charge in [0.05, 0.1) is 34.5 Å². The highest BCUT2D eigenvalue weighted by molar-refractivity contribution is 6.11. The van der Waals surface area contributed by atoms with Gasteiger partial charge in [-0.3, -0.25) is 14.4 Å². The predicted octanol–water partition coefficient (Wildman–Crippen LogP) is 3.78. The number of methoxy groups -OCH3 is 1. The molecule has 0 spiro atoms. The van der Waals surface area contributed by atoms with Crippen LogP contribution >= 0.6 is 0 Å². The Morgan fingerprint density at radius 1 is 1.03 bits per heavy atom. The van der Waals surface area contributed by atoms with E-state index in [1.807, 2.05) is 48.0 Å². The summed E-state index contributed by atoms with van der Waals surface area (Å²) in [7, 11) is 3.31. The Kier molecular flexibility index (Phi) is 4.97. The van der Waals surface area contributed by atoms with Crippen LogP contribution < -0.4 is 14.9 Å². The number of rotatable bonds is 5. The summed E-state index contributed by atoms with van der Waals surface area (Å²) < 4.78 is 24.5. The standard InChI is InChI=1S/C26H23NO7/c1-26(2)25(33-13-29)24(32-12-28)21-18(34-26)11-17(31-4)20-22(21)27(3)16-10-9-14-7-5-6-8-15(14)19(16)23(20)30/h5-13,24-25H,1-4H3/t24-,25-/m1/s1. The molecular formula is C26H23NO7.